The lowest BCUT2D eigenvalue weighted by Gasteiger charge is -2.33. The summed E-state index contributed by atoms with van der Waals surface area (Å²) in [5.74, 6) is -0.444. The van der Waals surface area contributed by atoms with E-state index in [2.05, 4.69) is 16.4 Å². The second kappa shape index (κ2) is 11.3. The van der Waals surface area contributed by atoms with Crippen LogP contribution >= 0.6 is 11.6 Å². The maximum Gasteiger partial charge on any atom is 0.247 e. The quantitative estimate of drug-likeness (QED) is 0.499. The molecule has 0 aromatic carbocycles. The van der Waals surface area contributed by atoms with Gasteiger partial charge in [0.2, 0.25) is 11.8 Å². The summed E-state index contributed by atoms with van der Waals surface area (Å²) in [6, 6.07) is 3.16. The first-order chi connectivity index (χ1) is 14.2. The summed E-state index contributed by atoms with van der Waals surface area (Å²) in [6.07, 6.45) is 16.6. The van der Waals surface area contributed by atoms with Crippen LogP contribution in [0.15, 0.2) is 36.2 Å². The zero-order chi connectivity index (χ0) is 20.5. The number of allylic oxidation sites excluding steroid dienone is 1. The molecule has 1 aromatic heterocycles. The molecule has 1 aromatic rings. The van der Waals surface area contributed by atoms with Gasteiger partial charge in [0.25, 0.3) is 0 Å². The molecule has 0 bridgehead atoms. The van der Waals surface area contributed by atoms with E-state index in [1.54, 1.807) is 17.3 Å². The van der Waals surface area contributed by atoms with Gasteiger partial charge in [0.15, 0.2) is 0 Å². The average Bonchev–Trinajstić information content (AvgIpc) is 2.78. The number of nitrogens with zero attached hydrogens (tertiary/aromatic N) is 2. The van der Waals surface area contributed by atoms with E-state index < -0.39 is 6.04 Å². The van der Waals surface area contributed by atoms with Gasteiger partial charge in [-0.05, 0) is 62.6 Å². The van der Waals surface area contributed by atoms with E-state index in [-0.39, 0.29) is 23.7 Å². The highest BCUT2D eigenvalue weighted by Crippen LogP contribution is 2.26. The van der Waals surface area contributed by atoms with Gasteiger partial charge in [0.05, 0.1) is 0 Å². The summed E-state index contributed by atoms with van der Waals surface area (Å²) in [7, 11) is 0. The SMILES string of the molecule is O=C(NC1CCCCC1)[C@@H](c1ccncc1)N(CCC1=CCCCC1)C(=O)CCl. The molecule has 2 aliphatic carbocycles. The molecule has 0 spiro atoms. The first kappa shape index (κ1) is 21.8. The Morgan fingerprint density at radius 1 is 1.14 bits per heavy atom. The van der Waals surface area contributed by atoms with Gasteiger partial charge < -0.3 is 10.2 Å². The van der Waals surface area contributed by atoms with Crippen molar-refractivity contribution in [2.75, 3.05) is 12.4 Å². The molecule has 0 radical (unpaired) electrons. The number of pyridine rings is 1. The summed E-state index contributed by atoms with van der Waals surface area (Å²) in [5, 5.41) is 3.20. The van der Waals surface area contributed by atoms with Gasteiger partial charge in [-0.15, -0.1) is 11.6 Å². The monoisotopic (exact) mass is 417 g/mol. The number of carbonyl (C=O) groups excluding carboxylic acids is 2. The zero-order valence-corrected chi connectivity index (χ0v) is 17.9. The smallest absolute Gasteiger partial charge is 0.247 e. The summed E-state index contributed by atoms with van der Waals surface area (Å²) < 4.78 is 0. The molecule has 2 aliphatic rings. The molecule has 5 nitrogen and oxygen atoms in total. The van der Waals surface area contributed by atoms with E-state index in [0.717, 1.165) is 50.5 Å². The third-order valence-corrected chi connectivity index (χ3v) is 6.26. The molecule has 0 saturated heterocycles. The number of rotatable bonds is 8. The molecule has 1 heterocycles. The van der Waals surface area contributed by atoms with Crippen molar-refractivity contribution in [3.63, 3.8) is 0 Å². The molecule has 1 atom stereocenters. The van der Waals surface area contributed by atoms with Crippen LogP contribution in [0, 0.1) is 0 Å². The van der Waals surface area contributed by atoms with Gasteiger partial charge in [0.1, 0.15) is 11.9 Å². The Balaban J connectivity index is 1.80. The van der Waals surface area contributed by atoms with Crippen LogP contribution in [0.1, 0.15) is 75.8 Å². The minimum Gasteiger partial charge on any atom is -0.351 e. The summed E-state index contributed by atoms with van der Waals surface area (Å²) in [5.41, 5.74) is 2.16. The highest BCUT2D eigenvalue weighted by Gasteiger charge is 2.32. The van der Waals surface area contributed by atoms with Gasteiger partial charge in [-0.3, -0.25) is 14.6 Å². The number of carbonyl (C=O) groups is 2. The molecular weight excluding hydrogens is 386 g/mol. The summed E-state index contributed by atoms with van der Waals surface area (Å²) in [4.78, 5) is 31.9. The number of nitrogens with one attached hydrogen (secondary N) is 1. The molecule has 1 fully saturated rings. The van der Waals surface area contributed by atoms with Crippen LogP contribution in [0.5, 0.6) is 0 Å². The lowest BCUT2D eigenvalue weighted by Crippen LogP contribution is -2.47. The number of hydrogen-bond acceptors (Lipinski definition) is 3. The highest BCUT2D eigenvalue weighted by atomic mass is 35.5. The Bertz CT molecular complexity index is 701. The Morgan fingerprint density at radius 2 is 1.90 bits per heavy atom. The van der Waals surface area contributed by atoms with Crippen LogP contribution in [-0.4, -0.2) is 40.2 Å². The van der Waals surface area contributed by atoms with Gasteiger partial charge in [-0.2, -0.15) is 0 Å². The molecule has 6 heteroatoms. The molecule has 1 saturated carbocycles. The average molecular weight is 418 g/mol. The normalized spacial score (nSPS) is 18.6. The van der Waals surface area contributed by atoms with Gasteiger partial charge in [-0.1, -0.05) is 30.9 Å². The number of halogens is 1. The number of hydrogen-bond donors (Lipinski definition) is 1. The molecular formula is C23H32ClN3O2. The topological polar surface area (TPSA) is 62.3 Å². The third-order valence-electron chi connectivity index (χ3n) is 6.03. The Hall–Kier alpha value is -1.88. The molecule has 29 heavy (non-hydrogen) atoms. The van der Waals surface area contributed by atoms with E-state index in [4.69, 9.17) is 11.6 Å². The molecule has 158 valence electrons. The number of amides is 2. The maximum absolute atomic E-state index is 13.3. The highest BCUT2D eigenvalue weighted by molar-refractivity contribution is 6.27. The van der Waals surface area contributed by atoms with Gasteiger partial charge >= 0.3 is 0 Å². The van der Waals surface area contributed by atoms with Crippen molar-refractivity contribution in [1.82, 2.24) is 15.2 Å². The Morgan fingerprint density at radius 3 is 2.55 bits per heavy atom. The first-order valence-electron chi connectivity index (χ1n) is 10.9. The Labute approximate surface area is 178 Å². The molecule has 1 N–H and O–H groups in total. The van der Waals surface area contributed by atoms with Crippen molar-refractivity contribution >= 4 is 23.4 Å². The van der Waals surface area contributed by atoms with Crippen molar-refractivity contribution in [2.24, 2.45) is 0 Å². The first-order valence-corrected chi connectivity index (χ1v) is 11.5. The predicted molar refractivity (Wildman–Crippen MR) is 116 cm³/mol. The molecule has 3 rings (SSSR count). The fourth-order valence-electron chi connectivity index (χ4n) is 4.42. The van der Waals surface area contributed by atoms with E-state index in [1.165, 1.54) is 24.8 Å². The second-order valence-electron chi connectivity index (χ2n) is 8.11. The van der Waals surface area contributed by atoms with Crippen LogP contribution in [0.3, 0.4) is 0 Å². The lowest BCUT2D eigenvalue weighted by atomic mass is 9.94. The van der Waals surface area contributed by atoms with E-state index >= 15 is 0 Å². The minimum atomic E-state index is -0.671. The third kappa shape index (κ3) is 6.30. The minimum absolute atomic E-state index is 0.112. The second-order valence-corrected chi connectivity index (χ2v) is 8.37. The van der Waals surface area contributed by atoms with Gasteiger partial charge in [-0.25, -0.2) is 0 Å². The lowest BCUT2D eigenvalue weighted by molar-refractivity contribution is -0.139. The fraction of sp³-hybridized carbons (Fsp3) is 0.609. The van der Waals surface area contributed by atoms with Crippen molar-refractivity contribution in [3.8, 4) is 0 Å². The van der Waals surface area contributed by atoms with Crippen molar-refractivity contribution in [2.45, 2.75) is 76.3 Å². The van der Waals surface area contributed by atoms with Crippen LogP contribution in [0.25, 0.3) is 0 Å². The van der Waals surface area contributed by atoms with Crippen LogP contribution < -0.4 is 5.32 Å². The molecule has 0 unspecified atom stereocenters. The standard InChI is InChI=1S/C23H32ClN3O2/c24-17-21(28)27(16-13-18-7-3-1-4-8-18)22(19-11-14-25-15-12-19)23(29)26-20-9-5-2-6-10-20/h7,11-12,14-15,20,22H,1-6,8-10,13,16-17H2,(H,26,29)/t22-/m1/s1. The van der Waals surface area contributed by atoms with E-state index in [0.29, 0.717) is 6.54 Å². The zero-order valence-electron chi connectivity index (χ0n) is 17.1. The summed E-state index contributed by atoms with van der Waals surface area (Å²) >= 11 is 5.95. The largest absolute Gasteiger partial charge is 0.351 e. The van der Waals surface area contributed by atoms with Crippen LogP contribution in [0.2, 0.25) is 0 Å². The van der Waals surface area contributed by atoms with Crippen LogP contribution in [-0.2, 0) is 9.59 Å². The number of alkyl halides is 1. The van der Waals surface area contributed by atoms with Crippen molar-refractivity contribution in [3.05, 3.63) is 41.7 Å². The Kier molecular flexibility index (Phi) is 8.53. The molecule has 0 aliphatic heterocycles. The molecule has 2 amide bonds. The fourth-order valence-corrected chi connectivity index (χ4v) is 4.57. The van der Waals surface area contributed by atoms with Gasteiger partial charge in [0, 0.05) is 25.0 Å². The van der Waals surface area contributed by atoms with Crippen molar-refractivity contribution in [1.29, 1.82) is 0 Å². The maximum atomic E-state index is 13.3. The predicted octanol–water partition coefficient (Wildman–Crippen LogP) is 4.53. The summed E-state index contributed by atoms with van der Waals surface area (Å²) in [6.45, 7) is 0.502. The van der Waals surface area contributed by atoms with Crippen LogP contribution in [0.4, 0.5) is 0 Å². The van der Waals surface area contributed by atoms with E-state index in [1.807, 2.05) is 12.1 Å². The van der Waals surface area contributed by atoms with Crippen molar-refractivity contribution < 1.29 is 9.59 Å². The van der Waals surface area contributed by atoms with E-state index in [9.17, 15) is 9.59 Å². The number of aromatic nitrogens is 1.